The highest BCUT2D eigenvalue weighted by atomic mass is 14.9. The zero-order valence-electron chi connectivity index (χ0n) is 12.5. The van der Waals surface area contributed by atoms with Gasteiger partial charge in [0.1, 0.15) is 0 Å². The SMILES string of the molecule is CC1CCC(CNCCCCC(C)(C)C#N)CC1. The van der Waals surface area contributed by atoms with E-state index in [2.05, 4.69) is 18.3 Å². The van der Waals surface area contributed by atoms with Crippen molar-refractivity contribution in [2.75, 3.05) is 13.1 Å². The van der Waals surface area contributed by atoms with Crippen LogP contribution in [0.3, 0.4) is 0 Å². The van der Waals surface area contributed by atoms with Gasteiger partial charge in [0.15, 0.2) is 0 Å². The molecule has 0 spiro atoms. The van der Waals surface area contributed by atoms with E-state index in [4.69, 9.17) is 5.26 Å². The summed E-state index contributed by atoms with van der Waals surface area (Å²) < 4.78 is 0. The van der Waals surface area contributed by atoms with Gasteiger partial charge >= 0.3 is 0 Å². The maximum Gasteiger partial charge on any atom is 0.0683 e. The van der Waals surface area contributed by atoms with E-state index in [9.17, 15) is 0 Å². The Labute approximate surface area is 113 Å². The summed E-state index contributed by atoms with van der Waals surface area (Å²) >= 11 is 0. The van der Waals surface area contributed by atoms with Gasteiger partial charge in [-0.05, 0) is 64.5 Å². The third-order valence-electron chi connectivity index (χ3n) is 4.28. The molecular weight excluding hydrogens is 220 g/mol. The maximum absolute atomic E-state index is 8.92. The summed E-state index contributed by atoms with van der Waals surface area (Å²) in [6, 6.07) is 2.37. The summed E-state index contributed by atoms with van der Waals surface area (Å²) in [6.07, 6.45) is 9.05. The zero-order valence-corrected chi connectivity index (χ0v) is 12.5. The highest BCUT2D eigenvalue weighted by Gasteiger charge is 2.18. The molecule has 0 amide bonds. The van der Waals surface area contributed by atoms with E-state index in [0.29, 0.717) is 0 Å². The van der Waals surface area contributed by atoms with Crippen LogP contribution in [0, 0.1) is 28.6 Å². The number of hydrogen-bond acceptors (Lipinski definition) is 2. The van der Waals surface area contributed by atoms with Crippen molar-refractivity contribution in [1.82, 2.24) is 5.32 Å². The smallest absolute Gasteiger partial charge is 0.0683 e. The minimum atomic E-state index is -0.139. The minimum Gasteiger partial charge on any atom is -0.316 e. The van der Waals surface area contributed by atoms with E-state index < -0.39 is 0 Å². The van der Waals surface area contributed by atoms with Crippen LogP contribution in [0.5, 0.6) is 0 Å². The molecule has 1 N–H and O–H groups in total. The van der Waals surface area contributed by atoms with Crippen molar-refractivity contribution >= 4 is 0 Å². The molecule has 0 aliphatic heterocycles. The number of hydrogen-bond donors (Lipinski definition) is 1. The first-order chi connectivity index (χ1) is 8.53. The second-order valence-electron chi connectivity index (χ2n) is 6.78. The minimum absolute atomic E-state index is 0.139. The van der Waals surface area contributed by atoms with E-state index in [1.807, 2.05) is 13.8 Å². The topological polar surface area (TPSA) is 35.8 Å². The Balaban J connectivity index is 1.95. The van der Waals surface area contributed by atoms with Crippen LogP contribution in [0.25, 0.3) is 0 Å². The van der Waals surface area contributed by atoms with Crippen LogP contribution in [0.2, 0.25) is 0 Å². The first-order valence-corrected chi connectivity index (χ1v) is 7.65. The molecule has 0 bridgehead atoms. The lowest BCUT2D eigenvalue weighted by atomic mass is 9.83. The third-order valence-corrected chi connectivity index (χ3v) is 4.28. The molecule has 0 aromatic heterocycles. The van der Waals surface area contributed by atoms with Gasteiger partial charge in [-0.25, -0.2) is 0 Å². The Kier molecular flexibility index (Phi) is 6.71. The van der Waals surface area contributed by atoms with E-state index in [1.54, 1.807) is 0 Å². The molecule has 0 heterocycles. The lowest BCUT2D eigenvalue weighted by Crippen LogP contribution is -2.26. The van der Waals surface area contributed by atoms with Gasteiger partial charge in [-0.15, -0.1) is 0 Å². The fourth-order valence-corrected chi connectivity index (χ4v) is 2.71. The van der Waals surface area contributed by atoms with Crippen LogP contribution in [-0.2, 0) is 0 Å². The Morgan fingerprint density at radius 2 is 1.83 bits per heavy atom. The summed E-state index contributed by atoms with van der Waals surface area (Å²) in [5.74, 6) is 1.87. The molecule has 0 aromatic rings. The summed E-state index contributed by atoms with van der Waals surface area (Å²) in [6.45, 7) is 8.76. The van der Waals surface area contributed by atoms with Crippen LogP contribution in [-0.4, -0.2) is 13.1 Å². The Bertz CT molecular complexity index is 257. The third kappa shape index (κ3) is 6.40. The van der Waals surface area contributed by atoms with Gasteiger partial charge in [0.05, 0.1) is 11.5 Å². The number of unbranched alkanes of at least 4 members (excludes halogenated alkanes) is 1. The largest absolute Gasteiger partial charge is 0.316 e. The molecule has 0 atom stereocenters. The van der Waals surface area contributed by atoms with Crippen molar-refractivity contribution in [3.05, 3.63) is 0 Å². The summed E-state index contributed by atoms with van der Waals surface area (Å²) in [4.78, 5) is 0. The molecule has 2 nitrogen and oxygen atoms in total. The van der Waals surface area contributed by atoms with Crippen molar-refractivity contribution in [3.63, 3.8) is 0 Å². The predicted molar refractivity (Wildman–Crippen MR) is 77.2 cm³/mol. The monoisotopic (exact) mass is 250 g/mol. The van der Waals surface area contributed by atoms with Crippen molar-refractivity contribution in [2.45, 2.75) is 65.7 Å². The molecular formula is C16H30N2. The van der Waals surface area contributed by atoms with Gasteiger partial charge in [-0.3, -0.25) is 0 Å². The lowest BCUT2D eigenvalue weighted by Gasteiger charge is -2.26. The predicted octanol–water partition coefficient (Wildman–Crippen LogP) is 4.12. The van der Waals surface area contributed by atoms with Crippen molar-refractivity contribution in [3.8, 4) is 6.07 Å². The molecule has 0 unspecified atom stereocenters. The van der Waals surface area contributed by atoms with Crippen molar-refractivity contribution in [2.24, 2.45) is 17.3 Å². The highest BCUT2D eigenvalue weighted by Crippen LogP contribution is 2.27. The molecule has 1 fully saturated rings. The molecule has 0 saturated heterocycles. The van der Waals surface area contributed by atoms with E-state index in [0.717, 1.165) is 31.2 Å². The summed E-state index contributed by atoms with van der Waals surface area (Å²) in [7, 11) is 0. The standard InChI is InChI=1S/C16H30N2/c1-14-6-8-15(9-7-14)12-18-11-5-4-10-16(2,3)13-17/h14-15,18H,4-12H2,1-3H3. The van der Waals surface area contributed by atoms with E-state index in [-0.39, 0.29) is 5.41 Å². The second-order valence-corrected chi connectivity index (χ2v) is 6.78. The molecule has 1 aliphatic carbocycles. The molecule has 2 heteroatoms. The molecule has 0 aromatic carbocycles. The van der Waals surface area contributed by atoms with Crippen molar-refractivity contribution in [1.29, 1.82) is 5.26 Å². The van der Waals surface area contributed by atoms with Crippen LogP contribution in [0.4, 0.5) is 0 Å². The second kappa shape index (κ2) is 7.79. The highest BCUT2D eigenvalue weighted by molar-refractivity contribution is 4.91. The molecule has 1 rings (SSSR count). The summed E-state index contributed by atoms with van der Waals surface area (Å²) in [5.41, 5.74) is -0.139. The maximum atomic E-state index is 8.92. The first kappa shape index (κ1) is 15.5. The van der Waals surface area contributed by atoms with Crippen molar-refractivity contribution < 1.29 is 0 Å². The average Bonchev–Trinajstić information content (AvgIpc) is 2.36. The number of nitrogens with one attached hydrogen (secondary N) is 1. The number of nitriles is 1. The van der Waals surface area contributed by atoms with E-state index in [1.165, 1.54) is 38.6 Å². The van der Waals surface area contributed by atoms with Gasteiger partial charge in [-0.2, -0.15) is 5.26 Å². The first-order valence-electron chi connectivity index (χ1n) is 7.65. The van der Waals surface area contributed by atoms with Crippen LogP contribution in [0.1, 0.15) is 65.7 Å². The van der Waals surface area contributed by atoms with Crippen LogP contribution >= 0.6 is 0 Å². The normalized spacial score (nSPS) is 24.8. The lowest BCUT2D eigenvalue weighted by molar-refractivity contribution is 0.281. The summed E-state index contributed by atoms with van der Waals surface area (Å²) in [5, 5.41) is 12.5. The van der Waals surface area contributed by atoms with Crippen LogP contribution in [0.15, 0.2) is 0 Å². The Morgan fingerprint density at radius 1 is 1.17 bits per heavy atom. The fraction of sp³-hybridized carbons (Fsp3) is 0.938. The Morgan fingerprint density at radius 3 is 2.44 bits per heavy atom. The molecule has 1 aliphatic rings. The van der Waals surface area contributed by atoms with Gasteiger partial charge in [0.2, 0.25) is 0 Å². The average molecular weight is 250 g/mol. The molecule has 104 valence electrons. The van der Waals surface area contributed by atoms with Gasteiger partial charge in [-0.1, -0.05) is 26.2 Å². The zero-order chi connectivity index (χ0) is 13.4. The number of nitrogens with zero attached hydrogens (tertiary/aromatic N) is 1. The van der Waals surface area contributed by atoms with Crippen LogP contribution < -0.4 is 5.32 Å². The van der Waals surface area contributed by atoms with Gasteiger partial charge < -0.3 is 5.32 Å². The number of rotatable bonds is 7. The van der Waals surface area contributed by atoms with Gasteiger partial charge in [0.25, 0.3) is 0 Å². The fourth-order valence-electron chi connectivity index (χ4n) is 2.71. The molecule has 18 heavy (non-hydrogen) atoms. The molecule has 1 saturated carbocycles. The quantitative estimate of drug-likeness (QED) is 0.690. The van der Waals surface area contributed by atoms with E-state index >= 15 is 0 Å². The Hall–Kier alpha value is -0.550. The molecule has 0 radical (unpaired) electrons. The van der Waals surface area contributed by atoms with Gasteiger partial charge in [0, 0.05) is 0 Å².